The summed E-state index contributed by atoms with van der Waals surface area (Å²) in [6.07, 6.45) is -0.389. The lowest BCUT2D eigenvalue weighted by molar-refractivity contribution is 0.0974. The quantitative estimate of drug-likeness (QED) is 0.729. The fraction of sp³-hybridized carbons (Fsp3) is 0.200. The van der Waals surface area contributed by atoms with Gasteiger partial charge in [-0.2, -0.15) is 0 Å². The second-order valence-corrected chi connectivity index (χ2v) is 7.45. The predicted octanol–water partition coefficient (Wildman–Crippen LogP) is 3.99. The summed E-state index contributed by atoms with van der Waals surface area (Å²) < 4.78 is 11.3. The van der Waals surface area contributed by atoms with Gasteiger partial charge in [0.2, 0.25) is 0 Å². The van der Waals surface area contributed by atoms with Crippen LogP contribution in [0.15, 0.2) is 47.8 Å². The number of anilines is 2. The SMILES string of the molecule is Cc1nc([C@H]2Nc3ccccc3C(=O)N2c2ccc3c(c2)OCCO3)cs1. The Hall–Kier alpha value is -3.06. The first-order valence-corrected chi connectivity index (χ1v) is 9.59. The van der Waals surface area contributed by atoms with Crippen molar-refractivity contribution < 1.29 is 14.3 Å². The van der Waals surface area contributed by atoms with E-state index in [-0.39, 0.29) is 12.1 Å². The van der Waals surface area contributed by atoms with Crippen LogP contribution in [0.1, 0.15) is 27.2 Å². The van der Waals surface area contributed by atoms with Gasteiger partial charge in [-0.1, -0.05) is 12.1 Å². The summed E-state index contributed by atoms with van der Waals surface area (Å²) in [5.74, 6) is 1.28. The number of aromatic nitrogens is 1. The number of rotatable bonds is 2. The monoisotopic (exact) mass is 379 g/mol. The van der Waals surface area contributed by atoms with Crippen molar-refractivity contribution in [1.29, 1.82) is 0 Å². The molecule has 5 rings (SSSR count). The average Bonchev–Trinajstić information content (AvgIpc) is 3.14. The van der Waals surface area contributed by atoms with Crippen molar-refractivity contribution in [3.05, 3.63) is 64.1 Å². The molecule has 2 aliphatic heterocycles. The van der Waals surface area contributed by atoms with Crippen molar-refractivity contribution in [1.82, 2.24) is 4.98 Å². The number of amides is 1. The molecule has 0 aliphatic carbocycles. The predicted molar refractivity (Wildman–Crippen MR) is 104 cm³/mol. The maximum Gasteiger partial charge on any atom is 0.262 e. The number of carbonyl (C=O) groups is 1. The number of fused-ring (bicyclic) bond motifs is 2. The highest BCUT2D eigenvalue weighted by atomic mass is 32.1. The number of nitrogens with one attached hydrogen (secondary N) is 1. The van der Waals surface area contributed by atoms with Crippen molar-refractivity contribution in [2.24, 2.45) is 0 Å². The van der Waals surface area contributed by atoms with Crippen LogP contribution < -0.4 is 19.7 Å². The van der Waals surface area contributed by atoms with Gasteiger partial charge in [-0.3, -0.25) is 9.69 Å². The molecule has 0 fully saturated rings. The van der Waals surface area contributed by atoms with Gasteiger partial charge in [0.05, 0.1) is 22.0 Å². The molecule has 1 N–H and O–H groups in total. The molecule has 1 atom stereocenters. The molecule has 3 heterocycles. The third-order valence-electron chi connectivity index (χ3n) is 4.65. The summed E-state index contributed by atoms with van der Waals surface area (Å²) in [4.78, 5) is 19.7. The molecule has 2 aliphatic rings. The molecule has 0 saturated carbocycles. The molecule has 7 heteroatoms. The van der Waals surface area contributed by atoms with Gasteiger partial charge >= 0.3 is 0 Å². The molecule has 136 valence electrons. The zero-order chi connectivity index (χ0) is 18.4. The van der Waals surface area contributed by atoms with E-state index in [0.29, 0.717) is 30.3 Å². The molecule has 0 spiro atoms. The number of carbonyl (C=O) groups excluding carboxylic acids is 1. The molecule has 0 saturated heterocycles. The lowest BCUT2D eigenvalue weighted by Gasteiger charge is -2.37. The zero-order valence-electron chi connectivity index (χ0n) is 14.6. The van der Waals surface area contributed by atoms with E-state index in [1.54, 1.807) is 16.2 Å². The van der Waals surface area contributed by atoms with Gasteiger partial charge in [0.25, 0.3) is 5.91 Å². The van der Waals surface area contributed by atoms with Crippen LogP contribution in [0, 0.1) is 6.92 Å². The third kappa shape index (κ3) is 2.71. The van der Waals surface area contributed by atoms with Crippen molar-refractivity contribution in [3.63, 3.8) is 0 Å². The Morgan fingerprint density at radius 2 is 1.96 bits per heavy atom. The first-order chi connectivity index (χ1) is 13.2. The fourth-order valence-corrected chi connectivity index (χ4v) is 4.05. The van der Waals surface area contributed by atoms with Crippen molar-refractivity contribution in [3.8, 4) is 11.5 Å². The molecule has 1 amide bonds. The van der Waals surface area contributed by atoms with Gasteiger partial charge in [-0.25, -0.2) is 4.98 Å². The Morgan fingerprint density at radius 3 is 2.78 bits per heavy atom. The number of thiazole rings is 1. The Morgan fingerprint density at radius 1 is 1.15 bits per heavy atom. The average molecular weight is 379 g/mol. The normalized spacial score (nSPS) is 18.0. The largest absolute Gasteiger partial charge is 0.486 e. The van der Waals surface area contributed by atoms with E-state index in [4.69, 9.17) is 9.47 Å². The van der Waals surface area contributed by atoms with Gasteiger partial charge in [-0.15, -0.1) is 11.3 Å². The molecule has 0 radical (unpaired) electrons. The number of hydrogen-bond acceptors (Lipinski definition) is 6. The fourth-order valence-electron chi connectivity index (χ4n) is 3.41. The summed E-state index contributed by atoms with van der Waals surface area (Å²) in [6.45, 7) is 2.99. The van der Waals surface area contributed by atoms with E-state index in [9.17, 15) is 4.79 Å². The smallest absolute Gasteiger partial charge is 0.262 e. The summed E-state index contributed by atoms with van der Waals surface area (Å²) in [5, 5.41) is 6.41. The third-order valence-corrected chi connectivity index (χ3v) is 5.44. The summed E-state index contributed by atoms with van der Waals surface area (Å²) in [6, 6.07) is 13.1. The van der Waals surface area contributed by atoms with Gasteiger partial charge in [0.15, 0.2) is 17.7 Å². The number of aryl methyl sites for hydroxylation is 1. The van der Waals surface area contributed by atoms with E-state index >= 15 is 0 Å². The van der Waals surface area contributed by atoms with Crippen LogP contribution in [0.4, 0.5) is 11.4 Å². The molecule has 1 aromatic heterocycles. The number of para-hydroxylation sites is 1. The van der Waals surface area contributed by atoms with Gasteiger partial charge in [-0.05, 0) is 31.2 Å². The van der Waals surface area contributed by atoms with Crippen molar-refractivity contribution in [2.45, 2.75) is 13.1 Å². The molecule has 0 bridgehead atoms. The Labute approximate surface area is 160 Å². The maximum absolute atomic E-state index is 13.4. The number of hydrogen-bond donors (Lipinski definition) is 1. The summed E-state index contributed by atoms with van der Waals surface area (Å²) in [7, 11) is 0. The molecule has 0 unspecified atom stereocenters. The van der Waals surface area contributed by atoms with Crippen LogP contribution in [-0.2, 0) is 0 Å². The van der Waals surface area contributed by atoms with Crippen LogP contribution in [0.25, 0.3) is 0 Å². The van der Waals surface area contributed by atoms with E-state index < -0.39 is 0 Å². The van der Waals surface area contributed by atoms with Crippen LogP contribution in [0.5, 0.6) is 11.5 Å². The minimum atomic E-state index is -0.389. The lowest BCUT2D eigenvalue weighted by Crippen LogP contribution is -2.43. The van der Waals surface area contributed by atoms with E-state index in [2.05, 4.69) is 10.3 Å². The first kappa shape index (κ1) is 16.1. The molecular weight excluding hydrogens is 362 g/mol. The Bertz CT molecular complexity index is 1030. The first-order valence-electron chi connectivity index (χ1n) is 8.71. The van der Waals surface area contributed by atoms with Crippen LogP contribution in [0.3, 0.4) is 0 Å². The molecule has 3 aromatic rings. The molecular formula is C20H17N3O3S. The number of benzene rings is 2. The van der Waals surface area contributed by atoms with E-state index in [1.165, 1.54) is 0 Å². The highest BCUT2D eigenvalue weighted by Gasteiger charge is 2.35. The van der Waals surface area contributed by atoms with Crippen LogP contribution in [0.2, 0.25) is 0 Å². The van der Waals surface area contributed by atoms with Gasteiger partial charge in [0.1, 0.15) is 13.2 Å². The minimum absolute atomic E-state index is 0.0725. The summed E-state index contributed by atoms with van der Waals surface area (Å²) in [5.41, 5.74) is 3.00. The highest BCUT2D eigenvalue weighted by Crippen LogP contribution is 2.40. The lowest BCUT2D eigenvalue weighted by atomic mass is 10.1. The number of ether oxygens (including phenoxy) is 2. The van der Waals surface area contributed by atoms with Gasteiger partial charge < -0.3 is 14.8 Å². The Kier molecular flexibility index (Phi) is 3.75. The Balaban J connectivity index is 1.63. The van der Waals surface area contributed by atoms with E-state index in [1.807, 2.05) is 54.8 Å². The number of nitrogens with zero attached hydrogens (tertiary/aromatic N) is 2. The van der Waals surface area contributed by atoms with Crippen molar-refractivity contribution in [2.75, 3.05) is 23.4 Å². The second-order valence-electron chi connectivity index (χ2n) is 6.39. The van der Waals surface area contributed by atoms with E-state index in [0.717, 1.165) is 22.1 Å². The zero-order valence-corrected chi connectivity index (χ0v) is 15.5. The maximum atomic E-state index is 13.4. The highest BCUT2D eigenvalue weighted by molar-refractivity contribution is 7.09. The van der Waals surface area contributed by atoms with Crippen molar-refractivity contribution >= 4 is 28.6 Å². The molecule has 6 nitrogen and oxygen atoms in total. The second kappa shape index (κ2) is 6.28. The minimum Gasteiger partial charge on any atom is -0.486 e. The summed E-state index contributed by atoms with van der Waals surface area (Å²) >= 11 is 1.57. The van der Waals surface area contributed by atoms with Gasteiger partial charge in [0, 0.05) is 17.1 Å². The molecule has 27 heavy (non-hydrogen) atoms. The molecule has 2 aromatic carbocycles. The topological polar surface area (TPSA) is 63.7 Å². The standard InChI is InChI=1S/C20H17N3O3S/c1-12-21-16(11-27-12)19-22-15-5-3-2-4-14(15)20(24)23(19)13-6-7-17-18(10-13)26-9-8-25-17/h2-7,10-11,19,22H,8-9H2,1H3/t19-/m0/s1. The van der Waals surface area contributed by atoms with Crippen LogP contribution >= 0.6 is 11.3 Å². The van der Waals surface area contributed by atoms with Crippen LogP contribution in [-0.4, -0.2) is 24.1 Å².